The summed E-state index contributed by atoms with van der Waals surface area (Å²) in [5.74, 6) is 0.0335. The molecule has 3 heteroatoms. The highest BCUT2D eigenvalue weighted by molar-refractivity contribution is 5.73. The second-order valence-corrected chi connectivity index (χ2v) is 4.22. The van der Waals surface area contributed by atoms with Gasteiger partial charge in [0.1, 0.15) is 0 Å². The minimum Gasteiger partial charge on any atom is -0.369 e. The van der Waals surface area contributed by atoms with Gasteiger partial charge in [0.05, 0.1) is 0 Å². The van der Waals surface area contributed by atoms with Crippen LogP contribution < -0.4 is 10.2 Å². The van der Waals surface area contributed by atoms with Crippen LogP contribution in [0.5, 0.6) is 0 Å². The lowest BCUT2D eigenvalue weighted by atomic mass is 10.1. The van der Waals surface area contributed by atoms with Gasteiger partial charge in [0.15, 0.2) is 0 Å². The minimum absolute atomic E-state index is 0.0335. The van der Waals surface area contributed by atoms with Crippen LogP contribution in [0.2, 0.25) is 0 Å². The summed E-state index contributed by atoms with van der Waals surface area (Å²) in [5, 5.41) is 2.84. The van der Waals surface area contributed by atoms with Gasteiger partial charge in [-0.05, 0) is 18.1 Å². The van der Waals surface area contributed by atoms with Crippen LogP contribution in [0.1, 0.15) is 18.9 Å². The van der Waals surface area contributed by atoms with Crippen molar-refractivity contribution >= 4 is 17.7 Å². The summed E-state index contributed by atoms with van der Waals surface area (Å²) in [6.07, 6.45) is 5.43. The monoisotopic (exact) mass is 230 g/mol. The predicted molar refractivity (Wildman–Crippen MR) is 71.0 cm³/mol. The van der Waals surface area contributed by atoms with Crippen LogP contribution in [-0.4, -0.2) is 25.5 Å². The van der Waals surface area contributed by atoms with Crippen molar-refractivity contribution in [2.45, 2.75) is 13.3 Å². The molecule has 0 fully saturated rings. The van der Waals surface area contributed by atoms with E-state index in [2.05, 4.69) is 46.6 Å². The van der Waals surface area contributed by atoms with Gasteiger partial charge >= 0.3 is 0 Å². The van der Waals surface area contributed by atoms with E-state index in [0.29, 0.717) is 6.54 Å². The molecule has 0 bridgehead atoms. The van der Waals surface area contributed by atoms with Crippen molar-refractivity contribution in [2.24, 2.45) is 0 Å². The molecule has 1 aliphatic rings. The molecule has 2 rings (SSSR count). The molecule has 17 heavy (non-hydrogen) atoms. The van der Waals surface area contributed by atoms with Crippen molar-refractivity contribution in [3.63, 3.8) is 0 Å². The molecular weight excluding hydrogens is 212 g/mol. The first-order chi connectivity index (χ1) is 8.27. The van der Waals surface area contributed by atoms with Gasteiger partial charge < -0.3 is 10.2 Å². The first-order valence-corrected chi connectivity index (χ1v) is 6.02. The molecule has 1 heterocycles. The standard InChI is InChI=1S/C14H18N2O/c1-12(17)15-9-11-16-10-5-4-7-13-6-2-3-8-14(13)16/h2-4,6-8H,5,9-11H2,1H3,(H,15,17). The molecule has 1 aromatic carbocycles. The minimum atomic E-state index is 0.0335. The Labute approximate surface area is 102 Å². The van der Waals surface area contributed by atoms with Gasteiger partial charge in [-0.2, -0.15) is 0 Å². The number of hydrogen-bond donors (Lipinski definition) is 1. The van der Waals surface area contributed by atoms with E-state index in [4.69, 9.17) is 0 Å². The van der Waals surface area contributed by atoms with Crippen molar-refractivity contribution in [3.05, 3.63) is 35.9 Å². The van der Waals surface area contributed by atoms with Crippen molar-refractivity contribution in [2.75, 3.05) is 24.5 Å². The molecule has 3 nitrogen and oxygen atoms in total. The molecule has 0 unspecified atom stereocenters. The average molecular weight is 230 g/mol. The second kappa shape index (κ2) is 5.53. The SMILES string of the molecule is CC(=O)NCCN1CCC=Cc2ccccc21. The smallest absolute Gasteiger partial charge is 0.216 e. The van der Waals surface area contributed by atoms with E-state index in [0.717, 1.165) is 19.5 Å². The number of rotatable bonds is 3. The Morgan fingerprint density at radius 3 is 3.06 bits per heavy atom. The van der Waals surface area contributed by atoms with Gasteiger partial charge in [0.2, 0.25) is 5.91 Å². The molecule has 0 atom stereocenters. The van der Waals surface area contributed by atoms with E-state index in [1.165, 1.54) is 11.3 Å². The molecule has 0 saturated heterocycles. The summed E-state index contributed by atoms with van der Waals surface area (Å²) < 4.78 is 0. The number of nitrogens with one attached hydrogen (secondary N) is 1. The highest BCUT2D eigenvalue weighted by Gasteiger charge is 2.11. The van der Waals surface area contributed by atoms with E-state index in [1.54, 1.807) is 6.92 Å². The molecule has 90 valence electrons. The quantitative estimate of drug-likeness (QED) is 0.862. The summed E-state index contributed by atoms with van der Waals surface area (Å²) in [4.78, 5) is 13.2. The molecule has 1 N–H and O–H groups in total. The first kappa shape index (κ1) is 11.7. The highest BCUT2D eigenvalue weighted by atomic mass is 16.1. The van der Waals surface area contributed by atoms with Gasteiger partial charge in [-0.15, -0.1) is 0 Å². The number of para-hydroxylation sites is 1. The third-order valence-electron chi connectivity index (χ3n) is 2.90. The Morgan fingerprint density at radius 2 is 2.24 bits per heavy atom. The normalized spacial score (nSPS) is 14.1. The third kappa shape index (κ3) is 3.09. The predicted octanol–water partition coefficient (Wildman–Crippen LogP) is 2.05. The van der Waals surface area contributed by atoms with Crippen molar-refractivity contribution in [1.29, 1.82) is 0 Å². The highest BCUT2D eigenvalue weighted by Crippen LogP contribution is 2.24. The van der Waals surface area contributed by atoms with Crippen LogP contribution >= 0.6 is 0 Å². The Bertz CT molecular complexity index is 426. The zero-order valence-electron chi connectivity index (χ0n) is 10.1. The third-order valence-corrected chi connectivity index (χ3v) is 2.90. The zero-order valence-corrected chi connectivity index (χ0v) is 10.1. The van der Waals surface area contributed by atoms with Crippen LogP contribution in [-0.2, 0) is 4.79 Å². The lowest BCUT2D eigenvalue weighted by Gasteiger charge is -2.24. The van der Waals surface area contributed by atoms with Gasteiger partial charge in [-0.3, -0.25) is 4.79 Å². The van der Waals surface area contributed by atoms with Crippen LogP contribution in [0.3, 0.4) is 0 Å². The Kier molecular flexibility index (Phi) is 3.81. The second-order valence-electron chi connectivity index (χ2n) is 4.22. The van der Waals surface area contributed by atoms with Gasteiger partial charge in [0.25, 0.3) is 0 Å². The fraction of sp³-hybridized carbons (Fsp3) is 0.357. The van der Waals surface area contributed by atoms with Crippen LogP contribution in [0.15, 0.2) is 30.3 Å². The number of carbonyl (C=O) groups excluding carboxylic acids is 1. The molecule has 0 aliphatic carbocycles. The fourth-order valence-corrected chi connectivity index (χ4v) is 2.08. The number of benzene rings is 1. The lowest BCUT2D eigenvalue weighted by molar-refractivity contribution is -0.118. The number of anilines is 1. The molecule has 1 aliphatic heterocycles. The molecule has 0 saturated carbocycles. The van der Waals surface area contributed by atoms with E-state index in [-0.39, 0.29) is 5.91 Å². The molecule has 0 aromatic heterocycles. The summed E-state index contributed by atoms with van der Waals surface area (Å²) >= 11 is 0. The van der Waals surface area contributed by atoms with Crippen molar-refractivity contribution in [1.82, 2.24) is 5.32 Å². The van der Waals surface area contributed by atoms with Crippen LogP contribution in [0.4, 0.5) is 5.69 Å². The summed E-state index contributed by atoms with van der Waals surface area (Å²) in [6.45, 7) is 4.12. The van der Waals surface area contributed by atoms with Crippen molar-refractivity contribution < 1.29 is 4.79 Å². The maximum atomic E-state index is 10.9. The molecule has 1 aromatic rings. The summed E-state index contributed by atoms with van der Waals surface area (Å²) in [5.41, 5.74) is 2.51. The number of fused-ring (bicyclic) bond motifs is 1. The Hall–Kier alpha value is -1.77. The number of carbonyl (C=O) groups is 1. The zero-order chi connectivity index (χ0) is 12.1. The average Bonchev–Trinajstić information content (AvgIpc) is 2.52. The van der Waals surface area contributed by atoms with Crippen molar-refractivity contribution in [3.8, 4) is 0 Å². The fourth-order valence-electron chi connectivity index (χ4n) is 2.08. The maximum Gasteiger partial charge on any atom is 0.216 e. The summed E-state index contributed by atoms with van der Waals surface area (Å²) in [7, 11) is 0. The molecule has 1 amide bonds. The Morgan fingerprint density at radius 1 is 1.41 bits per heavy atom. The number of amides is 1. The maximum absolute atomic E-state index is 10.9. The van der Waals surface area contributed by atoms with E-state index in [9.17, 15) is 4.79 Å². The van der Waals surface area contributed by atoms with E-state index in [1.807, 2.05) is 0 Å². The Balaban J connectivity index is 2.06. The van der Waals surface area contributed by atoms with Gasteiger partial charge in [-0.25, -0.2) is 0 Å². The van der Waals surface area contributed by atoms with E-state index >= 15 is 0 Å². The molecule has 0 spiro atoms. The van der Waals surface area contributed by atoms with Gasteiger partial charge in [0, 0.05) is 32.2 Å². The summed E-state index contributed by atoms with van der Waals surface area (Å²) in [6, 6.07) is 8.38. The largest absolute Gasteiger partial charge is 0.369 e. The van der Waals surface area contributed by atoms with E-state index < -0.39 is 0 Å². The van der Waals surface area contributed by atoms with Gasteiger partial charge in [-0.1, -0.05) is 30.4 Å². The first-order valence-electron chi connectivity index (χ1n) is 6.02. The topological polar surface area (TPSA) is 32.3 Å². The van der Waals surface area contributed by atoms with Crippen LogP contribution in [0, 0.1) is 0 Å². The van der Waals surface area contributed by atoms with Crippen LogP contribution in [0.25, 0.3) is 6.08 Å². The number of hydrogen-bond acceptors (Lipinski definition) is 2. The molecule has 0 radical (unpaired) electrons. The number of nitrogens with zero attached hydrogens (tertiary/aromatic N) is 1. The lowest BCUT2D eigenvalue weighted by Crippen LogP contribution is -2.34. The molecular formula is C14H18N2O.